The largest absolute Gasteiger partial charge is 0.449 e. The van der Waals surface area contributed by atoms with Gasteiger partial charge < -0.3 is 15.4 Å². The molecule has 0 spiro atoms. The SMILES string of the molecule is CNc1ccc(C(=O)O[C@@H](C)C(=O)Nc2cc(Cl)ccc2C)cc1[N+](=O)[O-]. The molecule has 0 aliphatic rings. The average molecular weight is 392 g/mol. The van der Waals surface area contributed by atoms with E-state index in [1.165, 1.54) is 26.1 Å². The van der Waals surface area contributed by atoms with Crippen LogP contribution in [0.1, 0.15) is 22.8 Å². The molecule has 0 unspecified atom stereocenters. The molecule has 0 heterocycles. The van der Waals surface area contributed by atoms with Crippen LogP contribution in [0.4, 0.5) is 17.1 Å². The third-order valence-electron chi connectivity index (χ3n) is 3.81. The van der Waals surface area contributed by atoms with Crippen LogP contribution in [-0.4, -0.2) is 30.0 Å². The van der Waals surface area contributed by atoms with Gasteiger partial charge >= 0.3 is 5.97 Å². The lowest BCUT2D eigenvalue weighted by atomic mass is 10.1. The number of nitro benzene ring substituents is 1. The smallest absolute Gasteiger partial charge is 0.339 e. The number of amides is 1. The number of rotatable bonds is 6. The molecule has 0 radical (unpaired) electrons. The number of ether oxygens (including phenoxy) is 1. The predicted octanol–water partition coefficient (Wildman–Crippen LogP) is 3.78. The molecule has 0 bridgehead atoms. The summed E-state index contributed by atoms with van der Waals surface area (Å²) in [5.41, 5.74) is 1.27. The van der Waals surface area contributed by atoms with Gasteiger partial charge in [0.2, 0.25) is 0 Å². The molecule has 0 saturated heterocycles. The Hall–Kier alpha value is -3.13. The van der Waals surface area contributed by atoms with Gasteiger partial charge in [0.25, 0.3) is 11.6 Å². The molecular formula is C18H18ClN3O5. The van der Waals surface area contributed by atoms with E-state index >= 15 is 0 Å². The van der Waals surface area contributed by atoms with Crippen LogP contribution in [-0.2, 0) is 9.53 Å². The number of anilines is 2. The molecule has 1 atom stereocenters. The highest BCUT2D eigenvalue weighted by atomic mass is 35.5. The summed E-state index contributed by atoms with van der Waals surface area (Å²) in [5, 5.41) is 16.9. The second-order valence-electron chi connectivity index (χ2n) is 5.74. The Kier molecular flexibility index (Phi) is 6.36. The molecule has 0 aromatic heterocycles. The number of hydrogen-bond acceptors (Lipinski definition) is 6. The Morgan fingerprint density at radius 3 is 2.52 bits per heavy atom. The van der Waals surface area contributed by atoms with Gasteiger partial charge in [-0.2, -0.15) is 0 Å². The number of nitro groups is 1. The lowest BCUT2D eigenvalue weighted by molar-refractivity contribution is -0.384. The van der Waals surface area contributed by atoms with Crippen LogP contribution >= 0.6 is 11.6 Å². The summed E-state index contributed by atoms with van der Waals surface area (Å²) in [6, 6.07) is 8.90. The van der Waals surface area contributed by atoms with Crippen LogP contribution in [0.25, 0.3) is 0 Å². The first-order chi connectivity index (χ1) is 12.7. The van der Waals surface area contributed by atoms with E-state index in [-0.39, 0.29) is 16.9 Å². The topological polar surface area (TPSA) is 111 Å². The normalized spacial score (nSPS) is 11.4. The van der Waals surface area contributed by atoms with Crippen molar-refractivity contribution < 1.29 is 19.2 Å². The van der Waals surface area contributed by atoms with Gasteiger partial charge in [0.1, 0.15) is 5.69 Å². The molecule has 27 heavy (non-hydrogen) atoms. The van der Waals surface area contributed by atoms with Crippen molar-refractivity contribution in [2.45, 2.75) is 20.0 Å². The number of hydrogen-bond donors (Lipinski definition) is 2. The van der Waals surface area contributed by atoms with Crippen molar-refractivity contribution in [3.05, 3.63) is 62.7 Å². The lowest BCUT2D eigenvalue weighted by Crippen LogP contribution is -2.30. The van der Waals surface area contributed by atoms with Crippen LogP contribution < -0.4 is 10.6 Å². The second-order valence-corrected chi connectivity index (χ2v) is 6.17. The van der Waals surface area contributed by atoms with Crippen LogP contribution in [0.3, 0.4) is 0 Å². The van der Waals surface area contributed by atoms with Crippen molar-refractivity contribution in [2.75, 3.05) is 17.7 Å². The van der Waals surface area contributed by atoms with Crippen molar-refractivity contribution in [1.29, 1.82) is 0 Å². The van der Waals surface area contributed by atoms with Crippen LogP contribution in [0, 0.1) is 17.0 Å². The predicted molar refractivity (Wildman–Crippen MR) is 102 cm³/mol. The van der Waals surface area contributed by atoms with Gasteiger partial charge in [0.15, 0.2) is 6.10 Å². The standard InChI is InChI=1S/C18H18ClN3O5/c1-10-4-6-13(19)9-15(10)21-17(23)11(2)27-18(24)12-5-7-14(20-3)16(8-12)22(25)26/h4-9,11,20H,1-3H3,(H,21,23)/t11-/m0/s1. The van der Waals surface area contributed by atoms with Crippen LogP contribution in [0.2, 0.25) is 5.02 Å². The Morgan fingerprint density at radius 1 is 1.19 bits per heavy atom. The first kappa shape index (κ1) is 20.2. The minimum Gasteiger partial charge on any atom is -0.449 e. The summed E-state index contributed by atoms with van der Waals surface area (Å²) in [5.74, 6) is -1.39. The number of nitrogens with one attached hydrogen (secondary N) is 2. The molecule has 142 valence electrons. The highest BCUT2D eigenvalue weighted by Crippen LogP contribution is 2.25. The van der Waals surface area contributed by atoms with Gasteiger partial charge in [-0.05, 0) is 43.7 Å². The zero-order valence-electron chi connectivity index (χ0n) is 14.9. The van der Waals surface area contributed by atoms with Gasteiger partial charge in [-0.3, -0.25) is 14.9 Å². The zero-order chi connectivity index (χ0) is 20.1. The fourth-order valence-corrected chi connectivity index (χ4v) is 2.44. The van der Waals surface area contributed by atoms with E-state index in [1.807, 2.05) is 0 Å². The lowest BCUT2D eigenvalue weighted by Gasteiger charge is -2.15. The van der Waals surface area contributed by atoms with E-state index in [1.54, 1.807) is 25.1 Å². The van der Waals surface area contributed by atoms with E-state index in [4.69, 9.17) is 16.3 Å². The average Bonchev–Trinajstić information content (AvgIpc) is 2.63. The quantitative estimate of drug-likeness (QED) is 0.440. The Balaban J connectivity index is 2.10. The van der Waals surface area contributed by atoms with Crippen molar-refractivity contribution in [3.8, 4) is 0 Å². The van der Waals surface area contributed by atoms with Crippen molar-refractivity contribution in [1.82, 2.24) is 0 Å². The van der Waals surface area contributed by atoms with Crippen molar-refractivity contribution in [3.63, 3.8) is 0 Å². The molecular weight excluding hydrogens is 374 g/mol. The Bertz CT molecular complexity index is 901. The molecule has 2 N–H and O–H groups in total. The van der Waals surface area contributed by atoms with E-state index in [9.17, 15) is 19.7 Å². The number of halogens is 1. The fraction of sp³-hybridized carbons (Fsp3) is 0.222. The first-order valence-corrected chi connectivity index (χ1v) is 8.35. The number of carbonyl (C=O) groups is 2. The number of aryl methyl sites for hydroxylation is 1. The molecule has 0 aliphatic carbocycles. The van der Waals surface area contributed by atoms with Gasteiger partial charge in [-0.1, -0.05) is 17.7 Å². The second kappa shape index (κ2) is 8.50. The minimum absolute atomic E-state index is 0.0284. The molecule has 2 rings (SSSR count). The maximum absolute atomic E-state index is 12.3. The molecule has 2 aromatic rings. The summed E-state index contributed by atoms with van der Waals surface area (Å²) in [7, 11) is 1.53. The molecule has 1 amide bonds. The monoisotopic (exact) mass is 391 g/mol. The highest BCUT2D eigenvalue weighted by molar-refractivity contribution is 6.31. The summed E-state index contributed by atoms with van der Waals surface area (Å²) in [4.78, 5) is 35.0. The fourth-order valence-electron chi connectivity index (χ4n) is 2.27. The molecule has 0 saturated carbocycles. The molecule has 9 heteroatoms. The number of benzene rings is 2. The molecule has 0 aliphatic heterocycles. The van der Waals surface area contributed by atoms with Gasteiger partial charge in [0.05, 0.1) is 10.5 Å². The number of esters is 1. The summed E-state index contributed by atoms with van der Waals surface area (Å²) in [6.07, 6.45) is -1.11. The summed E-state index contributed by atoms with van der Waals surface area (Å²) >= 11 is 5.91. The number of nitrogens with zero attached hydrogens (tertiary/aromatic N) is 1. The summed E-state index contributed by atoms with van der Waals surface area (Å²) < 4.78 is 5.12. The molecule has 0 fully saturated rings. The first-order valence-electron chi connectivity index (χ1n) is 7.97. The van der Waals surface area contributed by atoms with Crippen molar-refractivity contribution >= 4 is 40.5 Å². The van der Waals surface area contributed by atoms with Crippen LogP contribution in [0.5, 0.6) is 0 Å². The van der Waals surface area contributed by atoms with E-state index in [0.29, 0.717) is 10.7 Å². The third-order valence-corrected chi connectivity index (χ3v) is 4.05. The maximum atomic E-state index is 12.3. The van der Waals surface area contributed by atoms with E-state index in [0.717, 1.165) is 11.6 Å². The van der Waals surface area contributed by atoms with Crippen LogP contribution in [0.15, 0.2) is 36.4 Å². The van der Waals surface area contributed by atoms with Gasteiger partial charge in [-0.25, -0.2) is 4.79 Å². The third kappa shape index (κ3) is 4.95. The molecule has 8 nitrogen and oxygen atoms in total. The zero-order valence-corrected chi connectivity index (χ0v) is 15.7. The number of carbonyl (C=O) groups excluding carboxylic acids is 2. The Labute approximate surface area is 160 Å². The summed E-state index contributed by atoms with van der Waals surface area (Å²) in [6.45, 7) is 3.20. The minimum atomic E-state index is -1.11. The van der Waals surface area contributed by atoms with E-state index < -0.39 is 22.9 Å². The van der Waals surface area contributed by atoms with Gasteiger partial charge in [0, 0.05) is 23.8 Å². The highest BCUT2D eigenvalue weighted by Gasteiger charge is 2.22. The molecule has 2 aromatic carbocycles. The maximum Gasteiger partial charge on any atom is 0.339 e. The van der Waals surface area contributed by atoms with E-state index in [2.05, 4.69) is 10.6 Å². The Morgan fingerprint density at radius 2 is 1.89 bits per heavy atom. The van der Waals surface area contributed by atoms with Crippen molar-refractivity contribution in [2.24, 2.45) is 0 Å². The van der Waals surface area contributed by atoms with Gasteiger partial charge in [-0.15, -0.1) is 0 Å².